The van der Waals surface area contributed by atoms with Gasteiger partial charge in [0.1, 0.15) is 0 Å². The second-order valence-corrected chi connectivity index (χ2v) is 5.11. The molecule has 3 rings (SSSR count). The number of carbonyl (C=O) groups is 1. The van der Waals surface area contributed by atoms with Crippen molar-refractivity contribution >= 4 is 17.6 Å². The van der Waals surface area contributed by atoms with Crippen molar-refractivity contribution in [1.29, 1.82) is 0 Å². The summed E-state index contributed by atoms with van der Waals surface area (Å²) in [5, 5.41) is 6.67. The quantitative estimate of drug-likeness (QED) is 0.772. The van der Waals surface area contributed by atoms with Gasteiger partial charge in [-0.25, -0.2) is 0 Å². The van der Waals surface area contributed by atoms with Crippen LogP contribution >= 0.6 is 11.7 Å². The van der Waals surface area contributed by atoms with Gasteiger partial charge in [0.2, 0.25) is 0 Å². The van der Waals surface area contributed by atoms with Crippen LogP contribution in [0.15, 0.2) is 34.9 Å². The van der Waals surface area contributed by atoms with Gasteiger partial charge in [-0.05, 0) is 19.1 Å². The molecule has 0 saturated carbocycles. The van der Waals surface area contributed by atoms with Gasteiger partial charge in [-0.2, -0.15) is 13.7 Å². The van der Waals surface area contributed by atoms with Crippen molar-refractivity contribution in [3.8, 4) is 11.5 Å². The Morgan fingerprint density at radius 3 is 2.82 bits per heavy atom. The van der Waals surface area contributed by atoms with Crippen LogP contribution < -0.4 is 5.32 Å². The molecule has 0 aliphatic rings. The molecule has 1 aromatic carbocycles. The Bertz CT molecular complexity index is 768. The average molecular weight is 315 g/mol. The molecule has 0 aliphatic heterocycles. The van der Waals surface area contributed by atoms with E-state index in [0.29, 0.717) is 36.1 Å². The molecule has 0 aliphatic carbocycles. The predicted octanol–water partition coefficient (Wildman–Crippen LogP) is 1.87. The van der Waals surface area contributed by atoms with Crippen molar-refractivity contribution in [3.63, 3.8) is 0 Å². The number of aryl methyl sites for hydroxylation is 1. The lowest BCUT2D eigenvalue weighted by Crippen LogP contribution is -2.26. The minimum absolute atomic E-state index is 0.238. The molecule has 2 heterocycles. The molecular weight excluding hydrogens is 302 g/mol. The number of nitrogens with zero attached hydrogens (tertiary/aromatic N) is 4. The van der Waals surface area contributed by atoms with Crippen molar-refractivity contribution in [2.45, 2.75) is 13.3 Å². The Morgan fingerprint density at radius 1 is 1.27 bits per heavy atom. The molecule has 112 valence electrons. The van der Waals surface area contributed by atoms with Crippen molar-refractivity contribution in [2.24, 2.45) is 0 Å². The molecule has 0 unspecified atom stereocenters. The van der Waals surface area contributed by atoms with E-state index >= 15 is 0 Å². The minimum atomic E-state index is -0.238. The van der Waals surface area contributed by atoms with E-state index in [-0.39, 0.29) is 5.91 Å². The van der Waals surface area contributed by atoms with Crippen LogP contribution in [0.4, 0.5) is 0 Å². The lowest BCUT2D eigenvalue weighted by atomic mass is 10.2. The van der Waals surface area contributed by atoms with E-state index in [9.17, 15) is 4.79 Å². The fraction of sp³-hybridized carbons (Fsp3) is 0.214. The lowest BCUT2D eigenvalue weighted by molar-refractivity contribution is 0.0949. The first-order valence-electron chi connectivity index (χ1n) is 6.69. The molecule has 0 spiro atoms. The van der Waals surface area contributed by atoms with Crippen LogP contribution in [-0.2, 0) is 6.42 Å². The summed E-state index contributed by atoms with van der Waals surface area (Å²) in [5.41, 5.74) is 1.87. The van der Waals surface area contributed by atoms with Gasteiger partial charge in [0.25, 0.3) is 11.8 Å². The standard InChI is InChI=1S/C14H13N5O2S/c1-9-12(19-22-18-9)13(20)15-8-7-11-16-14(21-17-11)10-5-3-2-4-6-10/h2-6H,7-8H2,1H3,(H,15,20). The summed E-state index contributed by atoms with van der Waals surface area (Å²) < 4.78 is 13.1. The van der Waals surface area contributed by atoms with Crippen LogP contribution in [0.1, 0.15) is 22.0 Å². The molecule has 1 N–H and O–H groups in total. The maximum absolute atomic E-state index is 11.9. The summed E-state index contributed by atoms with van der Waals surface area (Å²) in [4.78, 5) is 16.2. The van der Waals surface area contributed by atoms with Crippen LogP contribution in [-0.4, -0.2) is 31.3 Å². The molecule has 3 aromatic rings. The normalized spacial score (nSPS) is 10.6. The zero-order valence-corrected chi connectivity index (χ0v) is 12.6. The molecular formula is C14H13N5O2S. The first-order chi connectivity index (χ1) is 10.7. The number of rotatable bonds is 5. The third-order valence-electron chi connectivity index (χ3n) is 2.99. The lowest BCUT2D eigenvalue weighted by Gasteiger charge is -2.00. The van der Waals surface area contributed by atoms with Crippen LogP contribution in [0.3, 0.4) is 0 Å². The highest BCUT2D eigenvalue weighted by molar-refractivity contribution is 6.99. The summed E-state index contributed by atoms with van der Waals surface area (Å²) in [7, 11) is 0. The summed E-state index contributed by atoms with van der Waals surface area (Å²) in [6.45, 7) is 2.16. The number of benzene rings is 1. The highest BCUT2D eigenvalue weighted by atomic mass is 32.1. The fourth-order valence-electron chi connectivity index (χ4n) is 1.86. The van der Waals surface area contributed by atoms with Gasteiger partial charge in [0.15, 0.2) is 11.5 Å². The molecule has 8 heteroatoms. The van der Waals surface area contributed by atoms with Gasteiger partial charge in [0.05, 0.1) is 17.4 Å². The van der Waals surface area contributed by atoms with Crippen molar-refractivity contribution in [1.82, 2.24) is 24.2 Å². The van der Waals surface area contributed by atoms with Crippen molar-refractivity contribution in [3.05, 3.63) is 47.5 Å². The van der Waals surface area contributed by atoms with Gasteiger partial charge in [-0.3, -0.25) is 4.79 Å². The molecule has 0 atom stereocenters. The number of nitrogens with one attached hydrogen (secondary N) is 1. The number of hydrogen-bond donors (Lipinski definition) is 1. The zero-order chi connectivity index (χ0) is 15.4. The van der Waals surface area contributed by atoms with Gasteiger partial charge in [0, 0.05) is 18.5 Å². The maximum Gasteiger partial charge on any atom is 0.272 e. The second-order valence-electron chi connectivity index (χ2n) is 4.59. The topological polar surface area (TPSA) is 93.8 Å². The third kappa shape index (κ3) is 3.17. The summed E-state index contributed by atoms with van der Waals surface area (Å²) >= 11 is 1.02. The average Bonchev–Trinajstić information content (AvgIpc) is 3.17. The maximum atomic E-state index is 11.9. The largest absolute Gasteiger partial charge is 0.350 e. The summed E-state index contributed by atoms with van der Waals surface area (Å²) in [6, 6.07) is 9.53. The first-order valence-corrected chi connectivity index (χ1v) is 7.42. The highest BCUT2D eigenvalue weighted by Crippen LogP contribution is 2.16. The minimum Gasteiger partial charge on any atom is -0.350 e. The molecule has 1 amide bonds. The Hall–Kier alpha value is -2.61. The van der Waals surface area contributed by atoms with Crippen LogP contribution in [0.2, 0.25) is 0 Å². The Morgan fingerprint density at radius 2 is 2.09 bits per heavy atom. The third-order valence-corrected chi connectivity index (χ3v) is 3.61. The predicted molar refractivity (Wildman–Crippen MR) is 80.4 cm³/mol. The van der Waals surface area contributed by atoms with E-state index in [1.165, 1.54) is 0 Å². The van der Waals surface area contributed by atoms with E-state index in [1.807, 2.05) is 30.3 Å². The molecule has 0 bridgehead atoms. The first kappa shape index (κ1) is 14.3. The van der Waals surface area contributed by atoms with Gasteiger partial charge < -0.3 is 9.84 Å². The smallest absolute Gasteiger partial charge is 0.272 e. The fourth-order valence-corrected chi connectivity index (χ4v) is 2.41. The van der Waals surface area contributed by atoms with E-state index < -0.39 is 0 Å². The van der Waals surface area contributed by atoms with E-state index in [1.54, 1.807) is 6.92 Å². The SMILES string of the molecule is Cc1nsnc1C(=O)NCCc1noc(-c2ccccc2)n1. The molecule has 2 aromatic heterocycles. The number of amides is 1. The molecule has 7 nitrogen and oxygen atoms in total. The van der Waals surface area contributed by atoms with Crippen LogP contribution in [0.25, 0.3) is 11.5 Å². The number of hydrogen-bond acceptors (Lipinski definition) is 7. The van der Waals surface area contributed by atoms with Crippen LogP contribution in [0.5, 0.6) is 0 Å². The van der Waals surface area contributed by atoms with E-state index in [2.05, 4.69) is 24.2 Å². The van der Waals surface area contributed by atoms with Crippen molar-refractivity contribution < 1.29 is 9.32 Å². The summed E-state index contributed by atoms with van der Waals surface area (Å²) in [6.07, 6.45) is 0.485. The van der Waals surface area contributed by atoms with Gasteiger partial charge >= 0.3 is 0 Å². The molecule has 0 fully saturated rings. The summed E-state index contributed by atoms with van der Waals surface area (Å²) in [5.74, 6) is 0.784. The molecule has 0 saturated heterocycles. The monoisotopic (exact) mass is 315 g/mol. The van der Waals surface area contributed by atoms with Crippen LogP contribution in [0, 0.1) is 6.92 Å². The zero-order valence-electron chi connectivity index (χ0n) is 11.8. The van der Waals surface area contributed by atoms with E-state index in [0.717, 1.165) is 17.3 Å². The Kier molecular flexibility index (Phi) is 4.19. The Balaban J connectivity index is 1.56. The van der Waals surface area contributed by atoms with Gasteiger partial charge in [-0.1, -0.05) is 23.4 Å². The number of aromatic nitrogens is 4. The van der Waals surface area contributed by atoms with E-state index in [4.69, 9.17) is 4.52 Å². The Labute approximate surface area is 130 Å². The molecule has 22 heavy (non-hydrogen) atoms. The number of carbonyl (C=O) groups excluding carboxylic acids is 1. The van der Waals surface area contributed by atoms with Crippen molar-refractivity contribution in [2.75, 3.05) is 6.54 Å². The second kappa shape index (κ2) is 6.44. The molecule has 0 radical (unpaired) electrons. The highest BCUT2D eigenvalue weighted by Gasteiger charge is 2.13. The van der Waals surface area contributed by atoms with Gasteiger partial charge in [-0.15, -0.1) is 0 Å².